The predicted octanol–water partition coefficient (Wildman–Crippen LogP) is 2.80. The van der Waals surface area contributed by atoms with Gasteiger partial charge in [0.05, 0.1) is 28.9 Å². The Morgan fingerprint density at radius 3 is 2.50 bits per heavy atom. The fourth-order valence-corrected chi connectivity index (χ4v) is 3.92. The van der Waals surface area contributed by atoms with E-state index in [0.717, 1.165) is 63.5 Å². The number of amides is 1. The Labute approximate surface area is 164 Å². The number of piperidine rings is 1. The fraction of sp³-hybridized carbons (Fsp3) is 0.429. The third-order valence-corrected chi connectivity index (χ3v) is 5.38. The second kappa shape index (κ2) is 8.36. The van der Waals surface area contributed by atoms with Gasteiger partial charge in [-0.3, -0.25) is 4.79 Å². The summed E-state index contributed by atoms with van der Waals surface area (Å²) in [4.78, 5) is 17.1. The highest BCUT2D eigenvalue weighted by Gasteiger charge is 2.23. The number of hydrogen-bond donors (Lipinski definition) is 2. The summed E-state index contributed by atoms with van der Waals surface area (Å²) >= 11 is 0. The fourth-order valence-electron chi connectivity index (χ4n) is 3.92. The number of hydrogen-bond acceptors (Lipinski definition) is 6. The highest BCUT2D eigenvalue weighted by Crippen LogP contribution is 2.36. The zero-order chi connectivity index (χ0) is 19.3. The maximum Gasteiger partial charge on any atom is 0.291 e. The van der Waals surface area contributed by atoms with Crippen molar-refractivity contribution in [1.82, 2.24) is 5.32 Å². The molecule has 0 atom stereocenters. The quantitative estimate of drug-likeness (QED) is 0.850. The number of rotatable bonds is 4. The van der Waals surface area contributed by atoms with Crippen LogP contribution in [0.1, 0.15) is 35.4 Å². The summed E-state index contributed by atoms with van der Waals surface area (Å²) < 4.78 is 5.22. The Kier molecular flexibility index (Phi) is 5.49. The summed E-state index contributed by atoms with van der Waals surface area (Å²) in [5.41, 5.74) is 3.17. The van der Waals surface area contributed by atoms with Crippen molar-refractivity contribution in [2.24, 2.45) is 0 Å². The normalized spacial score (nSPS) is 17.2. The largest absolute Gasteiger partial charge is 0.459 e. The minimum absolute atomic E-state index is 0.259. The Bertz CT molecular complexity index is 860. The van der Waals surface area contributed by atoms with Crippen molar-refractivity contribution in [3.8, 4) is 6.07 Å². The van der Waals surface area contributed by atoms with Crippen molar-refractivity contribution in [2.75, 3.05) is 54.4 Å². The van der Waals surface area contributed by atoms with E-state index in [1.165, 1.54) is 12.7 Å². The number of carbonyl (C=O) groups is 1. The van der Waals surface area contributed by atoms with E-state index in [1.807, 2.05) is 6.07 Å². The number of carbonyl (C=O) groups excluding carboxylic acids is 1. The molecule has 2 aromatic rings. The van der Waals surface area contributed by atoms with E-state index in [2.05, 4.69) is 32.6 Å². The molecule has 1 amide bonds. The van der Waals surface area contributed by atoms with Crippen LogP contribution in [0.15, 0.2) is 34.9 Å². The van der Waals surface area contributed by atoms with Crippen molar-refractivity contribution in [3.63, 3.8) is 0 Å². The van der Waals surface area contributed by atoms with Gasteiger partial charge in [0.1, 0.15) is 6.07 Å². The predicted molar refractivity (Wildman–Crippen MR) is 109 cm³/mol. The van der Waals surface area contributed by atoms with Crippen LogP contribution in [-0.4, -0.2) is 45.2 Å². The molecule has 0 radical (unpaired) electrons. The van der Waals surface area contributed by atoms with Gasteiger partial charge in [0, 0.05) is 39.3 Å². The number of anilines is 3. The van der Waals surface area contributed by atoms with Crippen molar-refractivity contribution in [3.05, 3.63) is 41.9 Å². The first kappa shape index (κ1) is 18.4. The summed E-state index contributed by atoms with van der Waals surface area (Å²) in [5, 5.41) is 16.1. The van der Waals surface area contributed by atoms with E-state index in [4.69, 9.17) is 4.42 Å². The van der Waals surface area contributed by atoms with Crippen LogP contribution < -0.4 is 20.4 Å². The molecule has 2 aliphatic rings. The van der Waals surface area contributed by atoms with E-state index in [0.29, 0.717) is 11.3 Å². The molecule has 0 spiro atoms. The maximum absolute atomic E-state index is 12.6. The molecule has 1 aromatic carbocycles. The van der Waals surface area contributed by atoms with E-state index in [9.17, 15) is 10.1 Å². The van der Waals surface area contributed by atoms with Crippen LogP contribution in [0.4, 0.5) is 17.1 Å². The summed E-state index contributed by atoms with van der Waals surface area (Å²) in [5.74, 6) is -0.0450. The highest BCUT2D eigenvalue weighted by atomic mass is 16.3. The molecule has 2 fully saturated rings. The molecular formula is C21H25N5O2. The van der Waals surface area contributed by atoms with E-state index in [1.54, 1.807) is 12.1 Å². The van der Waals surface area contributed by atoms with Gasteiger partial charge in [-0.15, -0.1) is 0 Å². The van der Waals surface area contributed by atoms with Gasteiger partial charge in [0.15, 0.2) is 5.76 Å². The Hall–Kier alpha value is -2.98. The topological polar surface area (TPSA) is 84.5 Å². The standard InChI is InChI=1S/C21H25N5O2/c22-15-16-13-17(24-21(27)20-5-4-12-28-20)19(25-8-2-1-3-9-25)14-18(16)26-10-6-23-7-11-26/h4-5,12-14,23H,1-3,6-11H2,(H,24,27). The molecule has 1 aromatic heterocycles. The number of nitrogens with one attached hydrogen (secondary N) is 2. The monoisotopic (exact) mass is 379 g/mol. The summed E-state index contributed by atoms with van der Waals surface area (Å²) in [6.45, 7) is 5.45. The lowest BCUT2D eigenvalue weighted by molar-refractivity contribution is 0.0996. The van der Waals surface area contributed by atoms with Crippen LogP contribution in [-0.2, 0) is 0 Å². The van der Waals surface area contributed by atoms with Gasteiger partial charge in [-0.25, -0.2) is 0 Å². The summed E-state index contributed by atoms with van der Waals surface area (Å²) in [6, 6.07) is 9.52. The Morgan fingerprint density at radius 1 is 1.07 bits per heavy atom. The van der Waals surface area contributed by atoms with Crippen LogP contribution in [0, 0.1) is 11.3 Å². The third kappa shape index (κ3) is 3.82. The maximum atomic E-state index is 12.6. The van der Waals surface area contributed by atoms with Crippen LogP contribution in [0.25, 0.3) is 0 Å². The molecule has 3 heterocycles. The molecule has 0 saturated carbocycles. The molecule has 28 heavy (non-hydrogen) atoms. The van der Waals surface area contributed by atoms with Crippen LogP contribution in [0.2, 0.25) is 0 Å². The molecule has 0 bridgehead atoms. The molecule has 2 aliphatic heterocycles. The highest BCUT2D eigenvalue weighted by molar-refractivity contribution is 6.04. The molecule has 0 aliphatic carbocycles. The Morgan fingerprint density at radius 2 is 1.82 bits per heavy atom. The smallest absolute Gasteiger partial charge is 0.291 e. The minimum Gasteiger partial charge on any atom is -0.459 e. The van der Waals surface area contributed by atoms with Crippen molar-refractivity contribution >= 4 is 23.0 Å². The second-order valence-electron chi connectivity index (χ2n) is 7.21. The van der Waals surface area contributed by atoms with Crippen molar-refractivity contribution in [2.45, 2.75) is 19.3 Å². The molecule has 7 heteroatoms. The van der Waals surface area contributed by atoms with Gasteiger partial charge in [-0.05, 0) is 43.5 Å². The number of piperazine rings is 1. The minimum atomic E-state index is -0.304. The van der Waals surface area contributed by atoms with Crippen LogP contribution >= 0.6 is 0 Å². The van der Waals surface area contributed by atoms with Crippen molar-refractivity contribution < 1.29 is 9.21 Å². The summed E-state index contributed by atoms with van der Waals surface area (Å²) in [7, 11) is 0. The number of benzene rings is 1. The van der Waals surface area contributed by atoms with Gasteiger partial charge in [0.2, 0.25) is 0 Å². The average molecular weight is 379 g/mol. The molecular weight excluding hydrogens is 354 g/mol. The lowest BCUT2D eigenvalue weighted by atomic mass is 10.1. The van der Waals surface area contributed by atoms with Crippen LogP contribution in [0.5, 0.6) is 0 Å². The van der Waals surface area contributed by atoms with Gasteiger partial charge >= 0.3 is 0 Å². The molecule has 2 N–H and O–H groups in total. The van der Waals surface area contributed by atoms with Gasteiger partial charge in [-0.2, -0.15) is 5.26 Å². The molecule has 7 nitrogen and oxygen atoms in total. The first-order chi connectivity index (χ1) is 13.8. The third-order valence-electron chi connectivity index (χ3n) is 5.38. The summed E-state index contributed by atoms with van der Waals surface area (Å²) in [6.07, 6.45) is 4.98. The SMILES string of the molecule is N#Cc1cc(NC(=O)c2ccco2)c(N2CCCCC2)cc1N1CCNCC1. The lowest BCUT2D eigenvalue weighted by Crippen LogP contribution is -2.44. The Balaban J connectivity index is 1.72. The van der Waals surface area contributed by atoms with E-state index < -0.39 is 0 Å². The molecule has 146 valence electrons. The van der Waals surface area contributed by atoms with E-state index >= 15 is 0 Å². The number of furan rings is 1. The zero-order valence-electron chi connectivity index (χ0n) is 15.9. The average Bonchev–Trinajstić information content (AvgIpc) is 3.30. The second-order valence-corrected chi connectivity index (χ2v) is 7.21. The van der Waals surface area contributed by atoms with Crippen molar-refractivity contribution in [1.29, 1.82) is 5.26 Å². The zero-order valence-corrected chi connectivity index (χ0v) is 15.9. The van der Waals surface area contributed by atoms with Gasteiger partial charge < -0.3 is 24.9 Å². The van der Waals surface area contributed by atoms with Gasteiger partial charge in [-0.1, -0.05) is 0 Å². The molecule has 4 rings (SSSR count). The first-order valence-corrected chi connectivity index (χ1v) is 9.90. The lowest BCUT2D eigenvalue weighted by Gasteiger charge is -2.34. The number of nitriles is 1. The number of nitrogens with zero attached hydrogens (tertiary/aromatic N) is 3. The molecule has 0 unspecified atom stereocenters. The molecule has 2 saturated heterocycles. The van der Waals surface area contributed by atoms with E-state index in [-0.39, 0.29) is 11.7 Å². The van der Waals surface area contributed by atoms with Crippen LogP contribution in [0.3, 0.4) is 0 Å². The first-order valence-electron chi connectivity index (χ1n) is 9.90. The van der Waals surface area contributed by atoms with Gasteiger partial charge in [0.25, 0.3) is 5.91 Å².